The molecule has 1 aromatic carbocycles. The van der Waals surface area contributed by atoms with Gasteiger partial charge in [0.05, 0.1) is 13.2 Å². The first-order chi connectivity index (χ1) is 11.0. The summed E-state index contributed by atoms with van der Waals surface area (Å²) in [6.45, 7) is 6.00. The van der Waals surface area contributed by atoms with Gasteiger partial charge in [0.2, 0.25) is 11.8 Å². The Kier molecular flexibility index (Phi) is 5.79. The Balaban J connectivity index is 1.94. The van der Waals surface area contributed by atoms with E-state index in [0.29, 0.717) is 13.1 Å². The molecule has 1 aliphatic rings. The second kappa shape index (κ2) is 7.81. The van der Waals surface area contributed by atoms with Gasteiger partial charge in [-0.1, -0.05) is 6.07 Å². The lowest BCUT2D eigenvalue weighted by atomic mass is 10.1. The molecule has 0 radical (unpaired) electrons. The SMILES string of the molecule is CCN(CC)C(=O)CN(C)C(=O)/C=C/c1ccc2c(c1)CCO2. The predicted molar refractivity (Wildman–Crippen MR) is 90.2 cm³/mol. The van der Waals surface area contributed by atoms with Crippen LogP contribution in [-0.4, -0.2) is 54.9 Å². The normalized spacial score (nSPS) is 12.8. The first kappa shape index (κ1) is 17.1. The van der Waals surface area contributed by atoms with Crippen LogP contribution in [0, 0.1) is 0 Å². The summed E-state index contributed by atoms with van der Waals surface area (Å²) >= 11 is 0. The number of carbonyl (C=O) groups is 2. The van der Waals surface area contributed by atoms with Crippen molar-refractivity contribution in [2.75, 3.05) is 33.3 Å². The van der Waals surface area contributed by atoms with Crippen LogP contribution in [0.2, 0.25) is 0 Å². The molecule has 5 nitrogen and oxygen atoms in total. The molecule has 2 rings (SSSR count). The molecule has 0 aliphatic carbocycles. The smallest absolute Gasteiger partial charge is 0.246 e. The van der Waals surface area contributed by atoms with Crippen molar-refractivity contribution in [1.29, 1.82) is 0 Å². The number of benzene rings is 1. The van der Waals surface area contributed by atoms with E-state index in [2.05, 4.69) is 0 Å². The topological polar surface area (TPSA) is 49.9 Å². The average Bonchev–Trinajstić information content (AvgIpc) is 3.01. The third-order valence-electron chi connectivity index (χ3n) is 4.00. The first-order valence-electron chi connectivity index (χ1n) is 8.01. The minimum Gasteiger partial charge on any atom is -0.493 e. The highest BCUT2D eigenvalue weighted by molar-refractivity contribution is 5.94. The van der Waals surface area contributed by atoms with Crippen molar-refractivity contribution in [3.8, 4) is 5.75 Å². The minimum absolute atomic E-state index is 0.0334. The van der Waals surface area contributed by atoms with E-state index in [1.54, 1.807) is 18.0 Å². The zero-order valence-electron chi connectivity index (χ0n) is 14.0. The van der Waals surface area contributed by atoms with E-state index < -0.39 is 0 Å². The molecule has 0 unspecified atom stereocenters. The fourth-order valence-electron chi connectivity index (χ4n) is 2.56. The molecule has 5 heteroatoms. The third-order valence-corrected chi connectivity index (χ3v) is 4.00. The second-order valence-corrected chi connectivity index (χ2v) is 5.56. The van der Waals surface area contributed by atoms with E-state index in [-0.39, 0.29) is 18.4 Å². The zero-order valence-corrected chi connectivity index (χ0v) is 14.0. The van der Waals surface area contributed by atoms with Crippen LogP contribution in [-0.2, 0) is 16.0 Å². The summed E-state index contributed by atoms with van der Waals surface area (Å²) in [7, 11) is 1.64. The molecule has 1 aromatic rings. The molecule has 23 heavy (non-hydrogen) atoms. The number of amides is 2. The van der Waals surface area contributed by atoms with Gasteiger partial charge in [-0.05, 0) is 43.2 Å². The van der Waals surface area contributed by atoms with E-state index in [0.717, 1.165) is 24.3 Å². The van der Waals surface area contributed by atoms with Crippen molar-refractivity contribution in [3.63, 3.8) is 0 Å². The molecule has 2 amide bonds. The Bertz CT molecular complexity index is 606. The molecule has 0 N–H and O–H groups in total. The van der Waals surface area contributed by atoms with Crippen LogP contribution >= 0.6 is 0 Å². The lowest BCUT2D eigenvalue weighted by molar-refractivity contribution is -0.136. The summed E-state index contributed by atoms with van der Waals surface area (Å²) in [5.41, 5.74) is 2.13. The Hall–Kier alpha value is -2.30. The Labute approximate surface area is 137 Å². The zero-order chi connectivity index (χ0) is 16.8. The number of rotatable bonds is 6. The van der Waals surface area contributed by atoms with Crippen molar-refractivity contribution in [1.82, 2.24) is 9.80 Å². The second-order valence-electron chi connectivity index (χ2n) is 5.56. The molecule has 124 valence electrons. The maximum absolute atomic E-state index is 12.1. The Morgan fingerprint density at radius 1 is 1.26 bits per heavy atom. The standard InChI is InChI=1S/C18H24N2O3/c1-4-20(5-2)18(22)13-19(3)17(21)9-7-14-6-8-16-15(12-14)10-11-23-16/h6-9,12H,4-5,10-11,13H2,1-3H3/b9-7+. The number of fused-ring (bicyclic) bond motifs is 1. The lowest BCUT2D eigenvalue weighted by Gasteiger charge is -2.22. The predicted octanol–water partition coefficient (Wildman–Crippen LogP) is 1.96. The maximum atomic E-state index is 12.1. The van der Waals surface area contributed by atoms with Crippen molar-refractivity contribution in [3.05, 3.63) is 35.4 Å². The molecule has 0 saturated carbocycles. The third kappa shape index (κ3) is 4.34. The van der Waals surface area contributed by atoms with E-state index in [1.165, 1.54) is 16.5 Å². The van der Waals surface area contributed by atoms with Gasteiger partial charge in [0.1, 0.15) is 5.75 Å². The van der Waals surface area contributed by atoms with Crippen molar-refractivity contribution in [2.24, 2.45) is 0 Å². The highest BCUT2D eigenvalue weighted by atomic mass is 16.5. The van der Waals surface area contributed by atoms with E-state index in [9.17, 15) is 9.59 Å². The van der Waals surface area contributed by atoms with Crippen molar-refractivity contribution >= 4 is 17.9 Å². The average molecular weight is 316 g/mol. The number of carbonyl (C=O) groups excluding carboxylic acids is 2. The molecule has 1 heterocycles. The summed E-state index contributed by atoms with van der Waals surface area (Å²) in [5.74, 6) is 0.714. The molecule has 0 spiro atoms. The van der Waals surface area contributed by atoms with Gasteiger partial charge in [0, 0.05) is 32.6 Å². The van der Waals surface area contributed by atoms with Gasteiger partial charge in [-0.15, -0.1) is 0 Å². The first-order valence-corrected chi connectivity index (χ1v) is 8.01. The van der Waals surface area contributed by atoms with Gasteiger partial charge < -0.3 is 14.5 Å². The van der Waals surface area contributed by atoms with Gasteiger partial charge >= 0.3 is 0 Å². The van der Waals surface area contributed by atoms with Gasteiger partial charge in [0.15, 0.2) is 0 Å². The Morgan fingerprint density at radius 3 is 2.70 bits per heavy atom. The van der Waals surface area contributed by atoms with E-state index in [4.69, 9.17) is 4.74 Å². The van der Waals surface area contributed by atoms with Crippen molar-refractivity contribution < 1.29 is 14.3 Å². The number of hydrogen-bond donors (Lipinski definition) is 0. The molecule has 0 fully saturated rings. The Morgan fingerprint density at radius 2 is 2.00 bits per heavy atom. The number of likely N-dealkylation sites (N-methyl/N-ethyl adjacent to an activating group) is 2. The summed E-state index contributed by atoms with van der Waals surface area (Å²) in [6.07, 6.45) is 4.19. The summed E-state index contributed by atoms with van der Waals surface area (Å²) in [6, 6.07) is 5.89. The van der Waals surface area contributed by atoms with E-state index >= 15 is 0 Å². The monoisotopic (exact) mass is 316 g/mol. The molecule has 1 aliphatic heterocycles. The molecular weight excluding hydrogens is 292 g/mol. The van der Waals surface area contributed by atoms with Crippen molar-refractivity contribution in [2.45, 2.75) is 20.3 Å². The van der Waals surface area contributed by atoms with Gasteiger partial charge in [-0.2, -0.15) is 0 Å². The van der Waals surface area contributed by atoms with Gasteiger partial charge in [-0.3, -0.25) is 9.59 Å². The summed E-state index contributed by atoms with van der Waals surface area (Å²) in [5, 5.41) is 0. The molecule has 0 aromatic heterocycles. The molecular formula is C18H24N2O3. The lowest BCUT2D eigenvalue weighted by Crippen LogP contribution is -2.40. The summed E-state index contributed by atoms with van der Waals surface area (Å²) < 4.78 is 5.46. The molecule has 0 saturated heterocycles. The van der Waals surface area contributed by atoms with Crippen LogP contribution in [0.3, 0.4) is 0 Å². The number of hydrogen-bond acceptors (Lipinski definition) is 3. The molecule has 0 bridgehead atoms. The minimum atomic E-state index is -0.178. The van der Waals surface area contributed by atoms with Crippen LogP contribution < -0.4 is 4.74 Å². The van der Waals surface area contributed by atoms with E-state index in [1.807, 2.05) is 32.0 Å². The largest absolute Gasteiger partial charge is 0.493 e. The van der Waals surface area contributed by atoms with Gasteiger partial charge in [0.25, 0.3) is 0 Å². The highest BCUT2D eigenvalue weighted by Crippen LogP contribution is 2.26. The highest BCUT2D eigenvalue weighted by Gasteiger charge is 2.15. The van der Waals surface area contributed by atoms with Crippen LogP contribution in [0.15, 0.2) is 24.3 Å². The van der Waals surface area contributed by atoms with Crippen LogP contribution in [0.4, 0.5) is 0 Å². The number of ether oxygens (including phenoxy) is 1. The number of nitrogens with zero attached hydrogens (tertiary/aromatic N) is 2. The van der Waals surface area contributed by atoms with Crippen LogP contribution in [0.1, 0.15) is 25.0 Å². The van der Waals surface area contributed by atoms with Crippen LogP contribution in [0.25, 0.3) is 6.08 Å². The fourth-order valence-corrected chi connectivity index (χ4v) is 2.56. The summed E-state index contributed by atoms with van der Waals surface area (Å²) in [4.78, 5) is 27.3. The maximum Gasteiger partial charge on any atom is 0.246 e. The van der Waals surface area contributed by atoms with Gasteiger partial charge in [-0.25, -0.2) is 0 Å². The molecule has 0 atom stereocenters. The fraction of sp³-hybridized carbons (Fsp3) is 0.444. The van der Waals surface area contributed by atoms with Crippen LogP contribution in [0.5, 0.6) is 5.75 Å². The quantitative estimate of drug-likeness (QED) is 0.754.